The van der Waals surface area contributed by atoms with Crippen LogP contribution in [-0.2, 0) is 14.6 Å². The van der Waals surface area contributed by atoms with Crippen molar-refractivity contribution in [3.05, 3.63) is 29.8 Å². The fraction of sp³-hybridized carbons (Fsp3) is 0.750. The summed E-state index contributed by atoms with van der Waals surface area (Å²) in [5.41, 5.74) is 1.08. The minimum Gasteiger partial charge on any atom is -0.313 e. The lowest BCUT2D eigenvalue weighted by atomic mass is 10.1. The van der Waals surface area contributed by atoms with Gasteiger partial charge in [0.15, 0.2) is 9.84 Å². The summed E-state index contributed by atoms with van der Waals surface area (Å²) in [7, 11) is -1.20. The standard InChI is InChI=1S/C13H28.C10H15NO2S.C5H10O/c1-3-5-7-9-11-13-12-10-8-6-4-2;1-8(11-2)9-4-6-10(7-5-9)14(3,12)13;1-2-3-4-5-6/h3-13H2,1-2H3;4-8,11H,1-3H3;5H,2-4H2,1H3. The lowest BCUT2D eigenvalue weighted by Crippen LogP contribution is -2.12. The Bertz CT molecular complexity index is 632. The molecule has 194 valence electrons. The van der Waals surface area contributed by atoms with Gasteiger partial charge in [0, 0.05) is 18.7 Å². The molecule has 1 aromatic rings. The van der Waals surface area contributed by atoms with Gasteiger partial charge < -0.3 is 10.1 Å². The molecule has 5 heteroatoms. The highest BCUT2D eigenvalue weighted by Crippen LogP contribution is 2.15. The van der Waals surface area contributed by atoms with Crippen LogP contribution in [-0.4, -0.2) is 28.0 Å². The van der Waals surface area contributed by atoms with E-state index in [0.717, 1.165) is 31.1 Å². The monoisotopic (exact) mass is 483 g/mol. The number of hydrogen-bond acceptors (Lipinski definition) is 4. The number of benzene rings is 1. The number of sulfone groups is 1. The van der Waals surface area contributed by atoms with Crippen LogP contribution in [0, 0.1) is 0 Å². The van der Waals surface area contributed by atoms with E-state index in [-0.39, 0.29) is 6.04 Å². The maximum atomic E-state index is 11.2. The van der Waals surface area contributed by atoms with E-state index in [1.807, 2.05) is 26.1 Å². The SMILES string of the molecule is CCCCC=O.CCCCCCCCCCCCC.CNC(C)c1ccc(S(C)(=O)=O)cc1. The lowest BCUT2D eigenvalue weighted by molar-refractivity contribution is -0.107. The number of nitrogens with one attached hydrogen (secondary N) is 1. The van der Waals surface area contributed by atoms with Crippen LogP contribution < -0.4 is 5.32 Å². The van der Waals surface area contributed by atoms with Gasteiger partial charge in [0.2, 0.25) is 0 Å². The molecule has 0 fully saturated rings. The quantitative estimate of drug-likeness (QED) is 0.191. The average molecular weight is 484 g/mol. The Balaban J connectivity index is 0. The van der Waals surface area contributed by atoms with E-state index in [1.54, 1.807) is 12.1 Å². The molecule has 1 atom stereocenters. The molecule has 0 aliphatic rings. The second kappa shape index (κ2) is 23.9. The first-order valence-electron chi connectivity index (χ1n) is 13.2. The minimum atomic E-state index is -3.07. The molecule has 4 nitrogen and oxygen atoms in total. The highest BCUT2D eigenvalue weighted by Gasteiger charge is 2.07. The van der Waals surface area contributed by atoms with Crippen molar-refractivity contribution >= 4 is 16.1 Å². The normalized spacial score (nSPS) is 11.6. The Kier molecular flexibility index (Phi) is 24.6. The van der Waals surface area contributed by atoms with Gasteiger partial charge in [-0.2, -0.15) is 0 Å². The minimum absolute atomic E-state index is 0.239. The van der Waals surface area contributed by atoms with Gasteiger partial charge in [-0.15, -0.1) is 0 Å². The predicted molar refractivity (Wildman–Crippen MR) is 145 cm³/mol. The summed E-state index contributed by atoms with van der Waals surface area (Å²) in [4.78, 5) is 9.93. The summed E-state index contributed by atoms with van der Waals surface area (Å²) in [5.74, 6) is 0. The third kappa shape index (κ3) is 22.4. The molecule has 0 aliphatic heterocycles. The molecule has 0 aliphatic carbocycles. The first-order valence-corrected chi connectivity index (χ1v) is 15.1. The van der Waals surface area contributed by atoms with Gasteiger partial charge in [0.1, 0.15) is 6.29 Å². The fourth-order valence-corrected chi connectivity index (χ4v) is 3.83. The van der Waals surface area contributed by atoms with Crippen molar-refractivity contribution in [2.75, 3.05) is 13.3 Å². The largest absolute Gasteiger partial charge is 0.313 e. The van der Waals surface area contributed by atoms with E-state index >= 15 is 0 Å². The second-order valence-corrected chi connectivity index (χ2v) is 10.9. The Morgan fingerprint density at radius 1 is 0.758 bits per heavy atom. The van der Waals surface area contributed by atoms with Gasteiger partial charge in [-0.3, -0.25) is 0 Å². The van der Waals surface area contributed by atoms with E-state index < -0.39 is 9.84 Å². The molecule has 0 saturated heterocycles. The molecule has 0 radical (unpaired) electrons. The van der Waals surface area contributed by atoms with Crippen LogP contribution >= 0.6 is 0 Å². The lowest BCUT2D eigenvalue weighted by Gasteiger charge is -2.10. The van der Waals surface area contributed by atoms with E-state index in [0.29, 0.717) is 4.90 Å². The maximum Gasteiger partial charge on any atom is 0.175 e. The van der Waals surface area contributed by atoms with Gasteiger partial charge in [-0.25, -0.2) is 8.42 Å². The molecular formula is C28H53NO3S. The highest BCUT2D eigenvalue weighted by atomic mass is 32.2. The van der Waals surface area contributed by atoms with Crippen molar-refractivity contribution in [3.63, 3.8) is 0 Å². The van der Waals surface area contributed by atoms with Gasteiger partial charge in [-0.1, -0.05) is 110 Å². The van der Waals surface area contributed by atoms with Crippen LogP contribution in [0.1, 0.15) is 129 Å². The van der Waals surface area contributed by atoms with Gasteiger partial charge in [-0.05, 0) is 38.1 Å². The van der Waals surface area contributed by atoms with Crippen molar-refractivity contribution in [2.24, 2.45) is 0 Å². The molecular weight excluding hydrogens is 430 g/mol. The molecule has 0 saturated carbocycles. The van der Waals surface area contributed by atoms with E-state index in [9.17, 15) is 13.2 Å². The topological polar surface area (TPSA) is 63.2 Å². The fourth-order valence-electron chi connectivity index (χ4n) is 3.20. The van der Waals surface area contributed by atoms with E-state index in [1.165, 1.54) is 76.9 Å². The van der Waals surface area contributed by atoms with Crippen LogP contribution in [0.5, 0.6) is 0 Å². The average Bonchev–Trinajstić information content (AvgIpc) is 2.81. The predicted octanol–water partition coefficient (Wildman–Crippen LogP) is 8.06. The first kappa shape index (κ1) is 34.0. The second-order valence-electron chi connectivity index (χ2n) is 8.84. The summed E-state index contributed by atoms with van der Waals surface area (Å²) in [6, 6.07) is 7.18. The third-order valence-electron chi connectivity index (χ3n) is 5.62. The Labute approximate surface area is 206 Å². The molecule has 1 rings (SSSR count). The molecule has 0 aromatic heterocycles. The molecule has 1 unspecified atom stereocenters. The number of carbonyl (C=O) groups is 1. The van der Waals surface area contributed by atoms with Crippen molar-refractivity contribution in [2.45, 2.75) is 129 Å². The smallest absolute Gasteiger partial charge is 0.175 e. The third-order valence-corrected chi connectivity index (χ3v) is 6.75. The summed E-state index contributed by atoms with van der Waals surface area (Å²) >= 11 is 0. The summed E-state index contributed by atoms with van der Waals surface area (Å²) in [5, 5.41) is 3.09. The summed E-state index contributed by atoms with van der Waals surface area (Å²) in [6.07, 6.45) is 21.0. The van der Waals surface area contributed by atoms with Crippen molar-refractivity contribution in [1.82, 2.24) is 5.32 Å². The number of unbranched alkanes of at least 4 members (excludes halogenated alkanes) is 12. The summed E-state index contributed by atoms with van der Waals surface area (Å²) < 4.78 is 22.3. The van der Waals surface area contributed by atoms with Crippen molar-refractivity contribution < 1.29 is 13.2 Å². The number of rotatable bonds is 16. The zero-order valence-electron chi connectivity index (χ0n) is 22.5. The molecule has 33 heavy (non-hydrogen) atoms. The van der Waals surface area contributed by atoms with E-state index in [2.05, 4.69) is 26.1 Å². The molecule has 0 spiro atoms. The highest BCUT2D eigenvalue weighted by molar-refractivity contribution is 7.90. The molecule has 0 bridgehead atoms. The van der Waals surface area contributed by atoms with Gasteiger partial charge in [0.25, 0.3) is 0 Å². The van der Waals surface area contributed by atoms with Crippen LogP contribution in [0.2, 0.25) is 0 Å². The van der Waals surface area contributed by atoms with Crippen molar-refractivity contribution in [3.8, 4) is 0 Å². The Morgan fingerprint density at radius 3 is 1.42 bits per heavy atom. The first-order chi connectivity index (χ1) is 15.8. The molecule has 0 amide bonds. The van der Waals surface area contributed by atoms with Gasteiger partial charge in [0.05, 0.1) is 4.90 Å². The maximum absolute atomic E-state index is 11.2. The van der Waals surface area contributed by atoms with Crippen LogP contribution in [0.4, 0.5) is 0 Å². The molecule has 1 N–H and O–H groups in total. The van der Waals surface area contributed by atoms with Gasteiger partial charge >= 0.3 is 0 Å². The zero-order chi connectivity index (χ0) is 25.4. The zero-order valence-corrected chi connectivity index (χ0v) is 23.3. The molecule has 1 aromatic carbocycles. The number of aldehydes is 1. The molecule has 0 heterocycles. The van der Waals surface area contributed by atoms with Crippen molar-refractivity contribution in [1.29, 1.82) is 0 Å². The Hall–Kier alpha value is -1.20. The summed E-state index contributed by atoms with van der Waals surface area (Å²) in [6.45, 7) is 8.66. The number of hydrogen-bond donors (Lipinski definition) is 1. The van der Waals surface area contributed by atoms with Crippen LogP contribution in [0.3, 0.4) is 0 Å². The Morgan fingerprint density at radius 2 is 1.15 bits per heavy atom. The van der Waals surface area contributed by atoms with Crippen LogP contribution in [0.15, 0.2) is 29.2 Å². The number of carbonyl (C=O) groups excluding carboxylic acids is 1. The van der Waals surface area contributed by atoms with E-state index in [4.69, 9.17) is 0 Å². The van der Waals surface area contributed by atoms with Crippen LogP contribution in [0.25, 0.3) is 0 Å².